The zero-order chi connectivity index (χ0) is 16.6. The average molecular weight is 325 g/mol. The highest BCUT2D eigenvalue weighted by atomic mass is 32.1. The van der Waals surface area contributed by atoms with Crippen LogP contribution in [-0.4, -0.2) is 34.0 Å². The van der Waals surface area contributed by atoms with E-state index >= 15 is 0 Å². The van der Waals surface area contributed by atoms with Gasteiger partial charge in [0, 0.05) is 12.7 Å². The maximum atomic E-state index is 12.6. The minimum atomic E-state index is -0.367. The minimum Gasteiger partial charge on any atom is -0.331 e. The highest BCUT2D eigenvalue weighted by Crippen LogP contribution is 2.26. The largest absolute Gasteiger partial charge is 0.331 e. The predicted molar refractivity (Wildman–Crippen MR) is 92.1 cm³/mol. The van der Waals surface area contributed by atoms with Gasteiger partial charge >= 0.3 is 0 Å². The van der Waals surface area contributed by atoms with Crippen molar-refractivity contribution in [3.05, 3.63) is 65.2 Å². The first-order valence-corrected chi connectivity index (χ1v) is 7.49. The van der Waals surface area contributed by atoms with Crippen molar-refractivity contribution in [2.45, 2.75) is 6.92 Å². The van der Waals surface area contributed by atoms with Gasteiger partial charge in [-0.2, -0.15) is 5.01 Å². The van der Waals surface area contributed by atoms with Crippen molar-refractivity contribution in [1.29, 1.82) is 0 Å². The number of anilines is 1. The SMILES string of the molecule is Cc1cccc2c1C(=O)N(N(C)C(=S)Nc1ccccc1)C2=O. The Morgan fingerprint density at radius 1 is 1.04 bits per heavy atom. The number of hydrazine groups is 1. The normalized spacial score (nSPS) is 13.0. The van der Waals surface area contributed by atoms with Crippen LogP contribution in [0.1, 0.15) is 26.3 Å². The van der Waals surface area contributed by atoms with Crippen molar-refractivity contribution >= 4 is 34.8 Å². The van der Waals surface area contributed by atoms with Crippen molar-refractivity contribution in [1.82, 2.24) is 10.0 Å². The summed E-state index contributed by atoms with van der Waals surface area (Å²) < 4.78 is 0. The Kier molecular flexibility index (Phi) is 3.83. The number of hydrogen-bond acceptors (Lipinski definition) is 3. The fraction of sp³-hybridized carbons (Fsp3) is 0.118. The van der Waals surface area contributed by atoms with Crippen molar-refractivity contribution in [3.63, 3.8) is 0 Å². The molecule has 1 heterocycles. The Morgan fingerprint density at radius 3 is 2.39 bits per heavy atom. The van der Waals surface area contributed by atoms with E-state index in [1.54, 1.807) is 19.2 Å². The van der Waals surface area contributed by atoms with Crippen LogP contribution in [0.4, 0.5) is 5.69 Å². The van der Waals surface area contributed by atoms with E-state index in [-0.39, 0.29) is 16.9 Å². The van der Waals surface area contributed by atoms with Crippen LogP contribution in [0.15, 0.2) is 48.5 Å². The maximum Gasteiger partial charge on any atom is 0.281 e. The van der Waals surface area contributed by atoms with Gasteiger partial charge in [-0.15, -0.1) is 0 Å². The zero-order valence-electron chi connectivity index (χ0n) is 12.7. The van der Waals surface area contributed by atoms with Gasteiger partial charge in [0.2, 0.25) is 0 Å². The molecule has 116 valence electrons. The van der Waals surface area contributed by atoms with E-state index in [9.17, 15) is 9.59 Å². The van der Waals surface area contributed by atoms with Crippen LogP contribution in [0.5, 0.6) is 0 Å². The number of benzene rings is 2. The Bertz CT molecular complexity index is 805. The van der Waals surface area contributed by atoms with E-state index in [0.29, 0.717) is 11.1 Å². The van der Waals surface area contributed by atoms with Gasteiger partial charge < -0.3 is 5.32 Å². The lowest BCUT2D eigenvalue weighted by Crippen LogP contribution is -2.48. The molecular formula is C17H15N3O2S. The molecular weight excluding hydrogens is 310 g/mol. The molecule has 0 fully saturated rings. The molecule has 2 aromatic carbocycles. The number of imide groups is 1. The number of amides is 2. The topological polar surface area (TPSA) is 52.7 Å². The molecule has 3 rings (SSSR count). The van der Waals surface area contributed by atoms with Crippen molar-refractivity contribution < 1.29 is 9.59 Å². The second kappa shape index (κ2) is 5.81. The third-order valence-corrected chi connectivity index (χ3v) is 4.09. The molecule has 0 unspecified atom stereocenters. The molecule has 0 saturated heterocycles. The summed E-state index contributed by atoms with van der Waals surface area (Å²) >= 11 is 5.31. The van der Waals surface area contributed by atoms with E-state index in [1.807, 2.05) is 43.3 Å². The first kappa shape index (κ1) is 15.2. The molecule has 0 saturated carbocycles. The lowest BCUT2D eigenvalue weighted by Gasteiger charge is -2.28. The van der Waals surface area contributed by atoms with Crippen LogP contribution in [0.2, 0.25) is 0 Å². The van der Waals surface area contributed by atoms with Crippen LogP contribution in [0.25, 0.3) is 0 Å². The Morgan fingerprint density at radius 2 is 1.74 bits per heavy atom. The fourth-order valence-electron chi connectivity index (χ4n) is 2.53. The lowest BCUT2D eigenvalue weighted by molar-refractivity contribution is 0.0366. The number of fused-ring (bicyclic) bond motifs is 1. The fourth-order valence-corrected chi connectivity index (χ4v) is 2.73. The van der Waals surface area contributed by atoms with Gasteiger partial charge in [0.1, 0.15) is 0 Å². The van der Waals surface area contributed by atoms with Crippen LogP contribution < -0.4 is 5.32 Å². The maximum absolute atomic E-state index is 12.6. The second-order valence-corrected chi connectivity index (χ2v) is 5.63. The first-order valence-electron chi connectivity index (χ1n) is 7.09. The highest BCUT2D eigenvalue weighted by Gasteiger charge is 2.40. The van der Waals surface area contributed by atoms with Gasteiger partial charge in [-0.05, 0) is 42.9 Å². The van der Waals surface area contributed by atoms with E-state index in [2.05, 4.69) is 5.32 Å². The molecule has 1 aliphatic heterocycles. The molecule has 0 aromatic heterocycles. The zero-order valence-corrected chi connectivity index (χ0v) is 13.6. The summed E-state index contributed by atoms with van der Waals surface area (Å²) in [4.78, 5) is 25.1. The Hall–Kier alpha value is -2.73. The van der Waals surface area contributed by atoms with Gasteiger partial charge in [0.05, 0.1) is 11.1 Å². The number of rotatable bonds is 2. The molecule has 2 amide bonds. The third kappa shape index (κ3) is 2.57. The summed E-state index contributed by atoms with van der Waals surface area (Å²) in [7, 11) is 1.59. The molecule has 0 bridgehead atoms. The van der Waals surface area contributed by atoms with Crippen LogP contribution in [-0.2, 0) is 0 Å². The first-order chi connectivity index (χ1) is 11.0. The number of nitrogens with one attached hydrogen (secondary N) is 1. The second-order valence-electron chi connectivity index (χ2n) is 5.24. The number of aryl methyl sites for hydroxylation is 1. The summed E-state index contributed by atoms with van der Waals surface area (Å²) in [5.74, 6) is -0.726. The third-order valence-electron chi connectivity index (χ3n) is 3.72. The van der Waals surface area contributed by atoms with Crippen LogP contribution >= 0.6 is 12.2 Å². The van der Waals surface area contributed by atoms with Gasteiger partial charge in [-0.1, -0.05) is 30.3 Å². The molecule has 0 aliphatic carbocycles. The van der Waals surface area contributed by atoms with Gasteiger partial charge in [-0.3, -0.25) is 14.6 Å². The number of para-hydroxylation sites is 1. The molecule has 0 radical (unpaired) electrons. The van der Waals surface area contributed by atoms with E-state index in [4.69, 9.17) is 12.2 Å². The quantitative estimate of drug-likeness (QED) is 0.680. The molecule has 2 aromatic rings. The van der Waals surface area contributed by atoms with Crippen molar-refractivity contribution in [3.8, 4) is 0 Å². The molecule has 23 heavy (non-hydrogen) atoms. The monoisotopic (exact) mass is 325 g/mol. The standard InChI is InChI=1S/C17H15N3O2S/c1-11-7-6-10-13-14(11)16(22)20(15(13)21)19(2)17(23)18-12-8-4-3-5-9-12/h3-10H,1-2H3,(H,18,23). The molecule has 6 heteroatoms. The van der Waals surface area contributed by atoms with Gasteiger partial charge in [0.25, 0.3) is 11.8 Å². The van der Waals surface area contributed by atoms with Crippen molar-refractivity contribution in [2.75, 3.05) is 12.4 Å². The summed E-state index contributed by atoms with van der Waals surface area (Å²) in [5, 5.41) is 5.71. The van der Waals surface area contributed by atoms with E-state index < -0.39 is 0 Å². The summed E-state index contributed by atoms with van der Waals surface area (Å²) in [5.41, 5.74) is 2.41. The average Bonchev–Trinajstić information content (AvgIpc) is 2.80. The lowest BCUT2D eigenvalue weighted by atomic mass is 10.0. The molecule has 0 atom stereocenters. The minimum absolute atomic E-state index is 0.267. The summed E-state index contributed by atoms with van der Waals surface area (Å²) in [6.07, 6.45) is 0. The Balaban J connectivity index is 1.85. The van der Waals surface area contributed by atoms with Gasteiger partial charge in [0.15, 0.2) is 5.11 Å². The molecule has 5 nitrogen and oxygen atoms in total. The number of thiocarbonyl (C=S) groups is 1. The number of carbonyl (C=O) groups is 2. The Labute approximate surface area is 139 Å². The molecule has 0 spiro atoms. The molecule has 1 N–H and O–H groups in total. The van der Waals surface area contributed by atoms with E-state index in [1.165, 1.54) is 5.01 Å². The van der Waals surface area contributed by atoms with E-state index in [0.717, 1.165) is 16.3 Å². The number of nitrogens with zero attached hydrogens (tertiary/aromatic N) is 2. The smallest absolute Gasteiger partial charge is 0.281 e. The van der Waals surface area contributed by atoms with Crippen molar-refractivity contribution in [2.24, 2.45) is 0 Å². The highest BCUT2D eigenvalue weighted by molar-refractivity contribution is 7.80. The number of hydrogen-bond donors (Lipinski definition) is 1. The van der Waals surface area contributed by atoms with Gasteiger partial charge in [-0.25, -0.2) is 0 Å². The number of carbonyl (C=O) groups excluding carboxylic acids is 2. The summed E-state index contributed by atoms with van der Waals surface area (Å²) in [6.45, 7) is 1.81. The van der Waals surface area contributed by atoms with Crippen LogP contribution in [0, 0.1) is 6.92 Å². The predicted octanol–water partition coefficient (Wildman–Crippen LogP) is 2.83. The molecule has 1 aliphatic rings. The van der Waals surface area contributed by atoms with Crippen LogP contribution in [0.3, 0.4) is 0 Å². The summed E-state index contributed by atoms with van der Waals surface area (Å²) in [6, 6.07) is 14.6.